The first-order chi connectivity index (χ1) is 23.4. The molecule has 7 N–H and O–H groups in total. The number of aliphatic hydroxyl groups is 1. The molecule has 262 valence electrons. The number of nitrogens with two attached hydrogens (primary N) is 2. The zero-order chi connectivity index (χ0) is 35.6. The molecule has 19 heteroatoms. The molecule has 0 aliphatic heterocycles. The first kappa shape index (κ1) is 35.9. The normalized spacial score (nSPS) is 22.9. The lowest BCUT2D eigenvalue weighted by atomic mass is 9.97. The average Bonchev–Trinajstić information content (AvgIpc) is 3.31. The maximum Gasteiger partial charge on any atom is 0.326 e. The molecule has 17 nitrogen and oxygen atoms in total. The molecule has 3 aromatic heterocycles. The van der Waals surface area contributed by atoms with Crippen LogP contribution in [0.4, 0.5) is 5.82 Å². The van der Waals surface area contributed by atoms with E-state index in [-0.39, 0.29) is 31.9 Å². The molecule has 2 aliphatic rings. The molecule has 6 atom stereocenters. The number of thiophene rings is 1. The predicted molar refractivity (Wildman–Crippen MR) is 178 cm³/mol. The minimum Gasteiger partial charge on any atom is -0.456 e. The zero-order valence-electron chi connectivity index (χ0n) is 27.2. The van der Waals surface area contributed by atoms with E-state index in [4.69, 9.17) is 32.5 Å². The van der Waals surface area contributed by atoms with Crippen molar-refractivity contribution in [3.8, 4) is 11.8 Å². The Hall–Kier alpha value is -4.38. The molecule has 2 fully saturated rings. The summed E-state index contributed by atoms with van der Waals surface area (Å²) < 4.78 is 14.2. The molecular weight excluding hydrogens is 680 g/mol. The summed E-state index contributed by atoms with van der Waals surface area (Å²) in [7, 11) is 6.01. The van der Waals surface area contributed by atoms with Gasteiger partial charge in [-0.15, -0.1) is 11.3 Å². The Morgan fingerprint density at radius 2 is 1.90 bits per heavy atom. The van der Waals surface area contributed by atoms with Crippen LogP contribution in [0.25, 0.3) is 11.2 Å². The van der Waals surface area contributed by atoms with E-state index in [1.54, 1.807) is 23.7 Å². The van der Waals surface area contributed by atoms with Gasteiger partial charge in [-0.3, -0.25) is 24.1 Å². The number of rotatable bonds is 12. The smallest absolute Gasteiger partial charge is 0.326 e. The van der Waals surface area contributed by atoms with Gasteiger partial charge >= 0.3 is 11.9 Å². The first-order valence-electron chi connectivity index (χ1n) is 15.2. The molecule has 3 aromatic rings. The number of nitrogens with zero attached hydrogens (tertiary/aromatic N) is 6. The number of imidazole rings is 1. The summed E-state index contributed by atoms with van der Waals surface area (Å²) in [5.41, 5.74) is 10.4. The summed E-state index contributed by atoms with van der Waals surface area (Å²) >= 11 is 7.36. The van der Waals surface area contributed by atoms with E-state index in [1.807, 2.05) is 0 Å². The molecule has 6 unspecified atom stereocenters. The van der Waals surface area contributed by atoms with Gasteiger partial charge in [-0.05, 0) is 37.4 Å². The number of aliphatic hydroxyl groups excluding tert-OH is 1. The second-order valence-electron chi connectivity index (χ2n) is 11.7. The van der Waals surface area contributed by atoms with Crippen molar-refractivity contribution >= 4 is 63.7 Å². The number of fused-ring (bicyclic) bond motifs is 2. The summed E-state index contributed by atoms with van der Waals surface area (Å²) in [5, 5.41) is 15.8. The number of nitrogens with one attached hydrogen (secondary N) is 2. The van der Waals surface area contributed by atoms with Crippen LogP contribution in [-0.4, -0.2) is 131 Å². The Labute approximate surface area is 290 Å². The molecule has 2 saturated carbocycles. The molecule has 0 aromatic carbocycles. The highest BCUT2D eigenvalue weighted by Crippen LogP contribution is 2.69. The molecule has 0 bridgehead atoms. The fraction of sp³-hybridized carbons (Fsp3) is 0.500. The largest absolute Gasteiger partial charge is 0.456 e. The standard InChI is InChI=1S/C30H37ClN10O7S/c1-34-27-23-28(38-18(37-27)8-6-15-5-7-17(31)49-15)41(14-36-23)24-16-9-30(16,29(46)35-2)26(48-22(45)13-40(4)20(43)11-33)25(24)47-21(44)12-39(3)19(42)10-32/h5,7,14,16,20,24-26,43H,9-13,32-33H2,1-4H3,(H,35,46)(H,34,37,38). The number of likely N-dealkylation sites (N-methyl/N-ethyl adjacent to an activating group) is 2. The fourth-order valence-corrected chi connectivity index (χ4v) is 7.09. The van der Waals surface area contributed by atoms with E-state index in [0.717, 1.165) is 4.90 Å². The van der Waals surface area contributed by atoms with E-state index in [9.17, 15) is 24.3 Å². The number of amides is 2. The molecule has 2 amide bonds. The van der Waals surface area contributed by atoms with Gasteiger partial charge in [0.05, 0.1) is 40.1 Å². The summed E-state index contributed by atoms with van der Waals surface area (Å²) in [4.78, 5) is 69.2. The van der Waals surface area contributed by atoms with Crippen LogP contribution in [0.3, 0.4) is 0 Å². The van der Waals surface area contributed by atoms with E-state index in [1.165, 1.54) is 43.7 Å². The lowest BCUT2D eigenvalue weighted by Gasteiger charge is -2.32. The Balaban J connectivity index is 1.58. The van der Waals surface area contributed by atoms with Gasteiger partial charge < -0.3 is 46.1 Å². The zero-order valence-corrected chi connectivity index (χ0v) is 28.7. The summed E-state index contributed by atoms with van der Waals surface area (Å²) in [6, 6.07) is 2.71. The van der Waals surface area contributed by atoms with Crippen molar-refractivity contribution in [3.05, 3.63) is 33.5 Å². The topological polar surface area (TPSA) is 233 Å². The van der Waals surface area contributed by atoms with Gasteiger partial charge in [0.2, 0.25) is 17.6 Å². The Kier molecular flexibility index (Phi) is 10.7. The molecule has 5 rings (SSSR count). The minimum atomic E-state index is -1.28. The van der Waals surface area contributed by atoms with Crippen molar-refractivity contribution in [3.63, 3.8) is 0 Å². The molecular formula is C30H37ClN10O7S. The molecule has 3 heterocycles. The lowest BCUT2D eigenvalue weighted by Crippen LogP contribution is -2.49. The predicted octanol–water partition coefficient (Wildman–Crippen LogP) is -1.26. The maximum atomic E-state index is 13.6. The van der Waals surface area contributed by atoms with E-state index < -0.39 is 66.1 Å². The van der Waals surface area contributed by atoms with Crippen LogP contribution >= 0.6 is 22.9 Å². The van der Waals surface area contributed by atoms with Crippen LogP contribution in [0.15, 0.2) is 18.5 Å². The third kappa shape index (κ3) is 7.04. The number of aromatic nitrogens is 4. The second kappa shape index (κ2) is 14.6. The van der Waals surface area contributed by atoms with Crippen LogP contribution in [0.5, 0.6) is 0 Å². The van der Waals surface area contributed by atoms with Gasteiger partial charge in [-0.1, -0.05) is 11.6 Å². The number of hydrogen-bond donors (Lipinski definition) is 5. The Bertz CT molecular complexity index is 1820. The van der Waals surface area contributed by atoms with Crippen molar-refractivity contribution in [2.75, 3.05) is 59.7 Å². The number of esters is 2. The van der Waals surface area contributed by atoms with Crippen molar-refractivity contribution in [2.45, 2.75) is 30.9 Å². The number of halogens is 1. The number of anilines is 1. The molecule has 2 aliphatic carbocycles. The average molecular weight is 717 g/mol. The van der Waals surface area contributed by atoms with Crippen LogP contribution in [-0.2, 0) is 28.7 Å². The SMILES string of the molecule is CNC(=O)C12CC1C(n1cnc3c(NC)nc(C#Cc4ccc(Cl)s4)nc31)C(OC(=O)CN(C)C(=O)CN)C2OC(=O)CN(C)C(O)CN. The number of ether oxygens (including phenoxy) is 2. The molecule has 0 spiro atoms. The second-order valence-corrected chi connectivity index (χ2v) is 13.4. The third-order valence-corrected chi connectivity index (χ3v) is 9.85. The fourth-order valence-electron chi connectivity index (χ4n) is 6.20. The van der Waals surface area contributed by atoms with Gasteiger partial charge in [0.25, 0.3) is 0 Å². The van der Waals surface area contributed by atoms with Crippen LogP contribution < -0.4 is 22.1 Å². The maximum absolute atomic E-state index is 13.6. The van der Waals surface area contributed by atoms with Crippen molar-refractivity contribution in [2.24, 2.45) is 22.8 Å². The monoisotopic (exact) mass is 716 g/mol. The third-order valence-electron chi connectivity index (χ3n) is 8.70. The molecule has 49 heavy (non-hydrogen) atoms. The highest BCUT2D eigenvalue weighted by Gasteiger charge is 2.78. The summed E-state index contributed by atoms with van der Waals surface area (Å²) in [6.45, 7) is -1.27. The molecule has 0 saturated heterocycles. The van der Waals surface area contributed by atoms with Crippen LogP contribution in [0.2, 0.25) is 4.34 Å². The number of carbonyl (C=O) groups is 4. The molecule has 0 radical (unpaired) electrons. The quantitative estimate of drug-likeness (QED) is 0.0837. The lowest BCUT2D eigenvalue weighted by molar-refractivity contribution is -0.176. The van der Waals surface area contributed by atoms with Crippen molar-refractivity contribution < 1.29 is 33.8 Å². The van der Waals surface area contributed by atoms with Gasteiger partial charge in [-0.25, -0.2) is 15.0 Å². The van der Waals surface area contributed by atoms with Crippen LogP contribution in [0, 0.1) is 23.2 Å². The van der Waals surface area contributed by atoms with Gasteiger partial charge in [0.1, 0.15) is 12.8 Å². The number of hydrogen-bond acceptors (Lipinski definition) is 15. The Morgan fingerprint density at radius 1 is 1.16 bits per heavy atom. The van der Waals surface area contributed by atoms with Crippen molar-refractivity contribution in [1.29, 1.82) is 0 Å². The van der Waals surface area contributed by atoms with Gasteiger partial charge in [0.15, 0.2) is 29.2 Å². The highest BCUT2D eigenvalue weighted by molar-refractivity contribution is 7.16. The van der Waals surface area contributed by atoms with E-state index >= 15 is 0 Å². The van der Waals surface area contributed by atoms with E-state index in [0.29, 0.717) is 26.2 Å². The number of carbonyl (C=O) groups excluding carboxylic acids is 4. The van der Waals surface area contributed by atoms with Crippen molar-refractivity contribution in [1.82, 2.24) is 34.6 Å². The first-order valence-corrected chi connectivity index (χ1v) is 16.4. The summed E-state index contributed by atoms with van der Waals surface area (Å²) in [6.07, 6.45) is -1.84. The van der Waals surface area contributed by atoms with E-state index in [2.05, 4.69) is 37.4 Å². The van der Waals surface area contributed by atoms with Crippen LogP contribution in [0.1, 0.15) is 23.2 Å². The highest BCUT2D eigenvalue weighted by atomic mass is 35.5. The minimum absolute atomic E-state index is 0.133. The summed E-state index contributed by atoms with van der Waals surface area (Å²) in [5.74, 6) is 3.48. The van der Waals surface area contributed by atoms with Gasteiger partial charge in [0, 0.05) is 33.6 Å². The Morgan fingerprint density at radius 3 is 2.53 bits per heavy atom. The van der Waals surface area contributed by atoms with Gasteiger partial charge in [-0.2, -0.15) is 0 Å².